The van der Waals surface area contributed by atoms with Crippen LogP contribution in [0.4, 0.5) is 0 Å². The standard InChI is InChI=1S/C13H10.C8H14/c1-3-7-12-10(5-1)9-11-6-2-4-8-13(11)12;1-2-8-6-4-3-5-7-8/h1-8H,9H2;2,8H,1,3-7H2. The normalized spacial score (nSPS) is 16.4. The SMILES string of the molecule is C=CC1CCCCC1.c1ccc2c(c1)Cc1ccccc1-2. The third-order valence-electron chi connectivity index (χ3n) is 4.69. The predicted octanol–water partition coefficient (Wildman–Crippen LogP) is 6.01. The molecule has 4 rings (SSSR count). The van der Waals surface area contributed by atoms with Crippen LogP contribution in [0.25, 0.3) is 11.1 Å². The largest absolute Gasteiger partial charge is 0.103 e. The first kappa shape index (κ1) is 14.1. The van der Waals surface area contributed by atoms with Crippen molar-refractivity contribution >= 4 is 0 Å². The topological polar surface area (TPSA) is 0 Å². The van der Waals surface area contributed by atoms with Crippen molar-refractivity contribution in [2.45, 2.75) is 38.5 Å². The Hall–Kier alpha value is -1.82. The van der Waals surface area contributed by atoms with Crippen molar-refractivity contribution in [1.82, 2.24) is 0 Å². The summed E-state index contributed by atoms with van der Waals surface area (Å²) in [5, 5.41) is 0. The Kier molecular flexibility index (Phi) is 4.55. The molecule has 0 amide bonds. The third kappa shape index (κ3) is 3.26. The monoisotopic (exact) mass is 276 g/mol. The molecule has 0 nitrogen and oxygen atoms in total. The van der Waals surface area contributed by atoms with E-state index in [0.717, 1.165) is 12.3 Å². The van der Waals surface area contributed by atoms with E-state index in [9.17, 15) is 0 Å². The highest BCUT2D eigenvalue weighted by Crippen LogP contribution is 2.35. The summed E-state index contributed by atoms with van der Waals surface area (Å²) < 4.78 is 0. The molecule has 2 aromatic rings. The van der Waals surface area contributed by atoms with Gasteiger partial charge in [-0.3, -0.25) is 0 Å². The highest BCUT2D eigenvalue weighted by atomic mass is 14.2. The molecule has 0 spiro atoms. The maximum Gasteiger partial charge on any atom is -0.00135 e. The molecule has 0 aromatic heterocycles. The highest BCUT2D eigenvalue weighted by Gasteiger charge is 2.15. The van der Waals surface area contributed by atoms with Gasteiger partial charge in [-0.25, -0.2) is 0 Å². The minimum atomic E-state index is 0.851. The van der Waals surface area contributed by atoms with Crippen LogP contribution in [0.2, 0.25) is 0 Å². The summed E-state index contributed by atoms with van der Waals surface area (Å²) in [5.41, 5.74) is 5.75. The average Bonchev–Trinajstić information content (AvgIpc) is 2.95. The maximum atomic E-state index is 3.78. The number of allylic oxidation sites excluding steroid dienone is 1. The van der Waals surface area contributed by atoms with Crippen molar-refractivity contribution in [3.63, 3.8) is 0 Å². The van der Waals surface area contributed by atoms with Gasteiger partial charge in [-0.2, -0.15) is 0 Å². The van der Waals surface area contributed by atoms with Crippen LogP contribution >= 0.6 is 0 Å². The first-order valence-corrected chi connectivity index (χ1v) is 8.17. The van der Waals surface area contributed by atoms with Gasteiger partial charge in [0.25, 0.3) is 0 Å². The second-order valence-electron chi connectivity index (χ2n) is 6.12. The Labute approximate surface area is 128 Å². The van der Waals surface area contributed by atoms with Crippen LogP contribution in [0, 0.1) is 5.92 Å². The van der Waals surface area contributed by atoms with Crippen LogP contribution in [0.5, 0.6) is 0 Å². The van der Waals surface area contributed by atoms with Gasteiger partial charge in [0.15, 0.2) is 0 Å². The Balaban J connectivity index is 0.000000143. The van der Waals surface area contributed by atoms with Gasteiger partial charge in [0.05, 0.1) is 0 Å². The van der Waals surface area contributed by atoms with Crippen molar-refractivity contribution in [3.05, 3.63) is 72.3 Å². The van der Waals surface area contributed by atoms with E-state index in [2.05, 4.69) is 61.2 Å². The van der Waals surface area contributed by atoms with Gasteiger partial charge in [-0.1, -0.05) is 73.9 Å². The van der Waals surface area contributed by atoms with E-state index in [1.165, 1.54) is 54.4 Å². The summed E-state index contributed by atoms with van der Waals surface area (Å²) in [6, 6.07) is 17.3. The van der Waals surface area contributed by atoms with Gasteiger partial charge < -0.3 is 0 Å². The molecule has 0 unspecified atom stereocenters. The molecule has 0 aliphatic heterocycles. The fourth-order valence-electron chi connectivity index (χ4n) is 3.45. The van der Waals surface area contributed by atoms with Crippen LogP contribution in [0.15, 0.2) is 61.2 Å². The molecule has 0 heterocycles. The molecule has 21 heavy (non-hydrogen) atoms. The first-order chi connectivity index (χ1) is 10.4. The molecular formula is C21H24. The lowest BCUT2D eigenvalue weighted by molar-refractivity contribution is 0.420. The predicted molar refractivity (Wildman–Crippen MR) is 91.5 cm³/mol. The Morgan fingerprint density at radius 2 is 1.29 bits per heavy atom. The van der Waals surface area contributed by atoms with Crippen molar-refractivity contribution in [1.29, 1.82) is 0 Å². The summed E-state index contributed by atoms with van der Waals surface area (Å²) in [6.07, 6.45) is 10.3. The summed E-state index contributed by atoms with van der Waals surface area (Å²) in [5.74, 6) is 0.851. The van der Waals surface area contributed by atoms with Crippen molar-refractivity contribution in [2.75, 3.05) is 0 Å². The number of fused-ring (bicyclic) bond motifs is 3. The number of hydrogen-bond donors (Lipinski definition) is 0. The number of rotatable bonds is 1. The zero-order valence-corrected chi connectivity index (χ0v) is 12.7. The Morgan fingerprint density at radius 3 is 1.76 bits per heavy atom. The molecule has 0 heteroatoms. The fraction of sp³-hybridized carbons (Fsp3) is 0.333. The van der Waals surface area contributed by atoms with E-state index in [-0.39, 0.29) is 0 Å². The Morgan fingerprint density at radius 1 is 0.762 bits per heavy atom. The van der Waals surface area contributed by atoms with Crippen molar-refractivity contribution < 1.29 is 0 Å². The quantitative estimate of drug-likeness (QED) is 0.477. The van der Waals surface area contributed by atoms with E-state index in [1.54, 1.807) is 0 Å². The minimum Gasteiger partial charge on any atom is -0.103 e. The second-order valence-corrected chi connectivity index (χ2v) is 6.12. The molecule has 1 fully saturated rings. The first-order valence-electron chi connectivity index (χ1n) is 8.17. The summed E-state index contributed by atoms with van der Waals surface area (Å²) in [6.45, 7) is 3.78. The number of benzene rings is 2. The molecule has 0 N–H and O–H groups in total. The highest BCUT2D eigenvalue weighted by molar-refractivity contribution is 5.76. The number of hydrogen-bond acceptors (Lipinski definition) is 0. The maximum absolute atomic E-state index is 3.78. The van der Waals surface area contributed by atoms with Crippen LogP contribution in [-0.4, -0.2) is 0 Å². The van der Waals surface area contributed by atoms with Gasteiger partial charge in [-0.05, 0) is 47.4 Å². The third-order valence-corrected chi connectivity index (χ3v) is 4.69. The lowest BCUT2D eigenvalue weighted by Gasteiger charge is -2.16. The molecular weight excluding hydrogens is 252 g/mol. The van der Waals surface area contributed by atoms with Gasteiger partial charge in [0.1, 0.15) is 0 Å². The lowest BCUT2D eigenvalue weighted by atomic mass is 9.90. The fourth-order valence-corrected chi connectivity index (χ4v) is 3.45. The van der Waals surface area contributed by atoms with Gasteiger partial charge in [0, 0.05) is 0 Å². The van der Waals surface area contributed by atoms with E-state index in [0.29, 0.717) is 0 Å². The van der Waals surface area contributed by atoms with Gasteiger partial charge >= 0.3 is 0 Å². The lowest BCUT2D eigenvalue weighted by Crippen LogP contribution is -2.01. The molecule has 1 saturated carbocycles. The van der Waals surface area contributed by atoms with Crippen LogP contribution in [0.1, 0.15) is 43.2 Å². The Bertz CT molecular complexity index is 559. The van der Waals surface area contributed by atoms with Crippen molar-refractivity contribution in [2.24, 2.45) is 5.92 Å². The molecule has 0 bridgehead atoms. The zero-order chi connectivity index (χ0) is 14.5. The van der Waals surface area contributed by atoms with E-state index in [1.807, 2.05) is 0 Å². The second kappa shape index (κ2) is 6.76. The van der Waals surface area contributed by atoms with Crippen LogP contribution < -0.4 is 0 Å². The van der Waals surface area contributed by atoms with Crippen LogP contribution in [0.3, 0.4) is 0 Å². The van der Waals surface area contributed by atoms with E-state index >= 15 is 0 Å². The molecule has 2 aromatic carbocycles. The minimum absolute atomic E-state index is 0.851. The van der Waals surface area contributed by atoms with Gasteiger partial charge in [-0.15, -0.1) is 6.58 Å². The summed E-state index contributed by atoms with van der Waals surface area (Å²) in [7, 11) is 0. The molecule has 108 valence electrons. The molecule has 2 aliphatic rings. The molecule has 0 radical (unpaired) electrons. The van der Waals surface area contributed by atoms with E-state index in [4.69, 9.17) is 0 Å². The molecule has 0 atom stereocenters. The van der Waals surface area contributed by atoms with E-state index < -0.39 is 0 Å². The molecule has 2 aliphatic carbocycles. The average molecular weight is 276 g/mol. The smallest absolute Gasteiger partial charge is 0.00135 e. The van der Waals surface area contributed by atoms with Gasteiger partial charge in [0.2, 0.25) is 0 Å². The van der Waals surface area contributed by atoms with Crippen molar-refractivity contribution in [3.8, 4) is 11.1 Å². The molecule has 0 saturated heterocycles. The summed E-state index contributed by atoms with van der Waals surface area (Å²) in [4.78, 5) is 0. The summed E-state index contributed by atoms with van der Waals surface area (Å²) >= 11 is 0. The van der Waals surface area contributed by atoms with Crippen LogP contribution in [-0.2, 0) is 6.42 Å². The zero-order valence-electron chi connectivity index (χ0n) is 12.7.